The number of imidazole rings is 1. The Morgan fingerprint density at radius 1 is 1.12 bits per heavy atom. The van der Waals surface area contributed by atoms with Crippen molar-refractivity contribution in [1.82, 2.24) is 29.3 Å². The van der Waals surface area contributed by atoms with Gasteiger partial charge >= 0.3 is 0 Å². The summed E-state index contributed by atoms with van der Waals surface area (Å²) in [6.45, 7) is 6.19. The molecule has 1 amide bonds. The first kappa shape index (κ1) is 20.9. The largest absolute Gasteiger partial charge is 0.355 e. The first-order chi connectivity index (χ1) is 16.5. The van der Waals surface area contributed by atoms with E-state index in [-0.39, 0.29) is 11.8 Å². The van der Waals surface area contributed by atoms with Crippen LogP contribution in [0.3, 0.4) is 0 Å². The van der Waals surface area contributed by atoms with Gasteiger partial charge in [-0.1, -0.05) is 23.9 Å². The van der Waals surface area contributed by atoms with E-state index in [1.54, 1.807) is 18.1 Å². The van der Waals surface area contributed by atoms with Crippen LogP contribution in [0.5, 0.6) is 0 Å². The number of aromatic nitrogens is 6. The van der Waals surface area contributed by atoms with Crippen molar-refractivity contribution in [2.45, 2.75) is 25.5 Å². The molecule has 1 aromatic carbocycles. The van der Waals surface area contributed by atoms with Crippen molar-refractivity contribution in [3.05, 3.63) is 60.3 Å². The predicted molar refractivity (Wildman–Crippen MR) is 131 cm³/mol. The maximum absolute atomic E-state index is 12.9. The number of benzene rings is 1. The SMILES string of the molecule is Cc1cc(C)n(-c2cc(N3CC(C(=O)Nc4cccc(-c5cn6c(n5)SCC6)c4)C3)ncn2)n1. The number of carbonyl (C=O) groups is 1. The highest BCUT2D eigenvalue weighted by molar-refractivity contribution is 7.99. The number of carbonyl (C=O) groups excluding carboxylic acids is 1. The molecule has 1 saturated heterocycles. The van der Waals surface area contributed by atoms with Gasteiger partial charge in [0.15, 0.2) is 11.0 Å². The average molecular weight is 473 g/mol. The van der Waals surface area contributed by atoms with Crippen LogP contribution >= 0.6 is 11.8 Å². The Hall–Kier alpha value is -3.66. The number of aryl methyl sites for hydroxylation is 3. The van der Waals surface area contributed by atoms with Crippen LogP contribution < -0.4 is 10.2 Å². The minimum atomic E-state index is -0.0939. The number of fused-ring (bicyclic) bond motifs is 1. The van der Waals surface area contributed by atoms with E-state index < -0.39 is 0 Å². The maximum Gasteiger partial charge on any atom is 0.231 e. The Morgan fingerprint density at radius 3 is 2.76 bits per heavy atom. The second kappa shape index (κ2) is 8.28. The predicted octanol–water partition coefficient (Wildman–Crippen LogP) is 3.32. The molecule has 172 valence electrons. The molecule has 1 fully saturated rings. The smallest absolute Gasteiger partial charge is 0.231 e. The monoisotopic (exact) mass is 472 g/mol. The molecule has 9 nitrogen and oxygen atoms in total. The molecule has 0 atom stereocenters. The van der Waals surface area contributed by atoms with Gasteiger partial charge in [0.25, 0.3) is 0 Å². The van der Waals surface area contributed by atoms with Gasteiger partial charge in [-0.25, -0.2) is 19.6 Å². The fourth-order valence-electron chi connectivity index (χ4n) is 4.37. The molecule has 0 spiro atoms. The molecule has 3 aromatic heterocycles. The Labute approximate surface area is 201 Å². The van der Waals surface area contributed by atoms with E-state index in [9.17, 15) is 4.79 Å². The van der Waals surface area contributed by atoms with Crippen molar-refractivity contribution >= 4 is 29.2 Å². The Morgan fingerprint density at radius 2 is 1.97 bits per heavy atom. The van der Waals surface area contributed by atoms with Crippen molar-refractivity contribution in [2.24, 2.45) is 5.92 Å². The van der Waals surface area contributed by atoms with E-state index in [1.807, 2.05) is 54.9 Å². The molecule has 0 bridgehead atoms. The number of amides is 1. The molecule has 4 aromatic rings. The van der Waals surface area contributed by atoms with E-state index >= 15 is 0 Å². The summed E-state index contributed by atoms with van der Waals surface area (Å²) in [5.41, 5.74) is 4.70. The lowest BCUT2D eigenvalue weighted by atomic mass is 9.99. The highest BCUT2D eigenvalue weighted by Gasteiger charge is 2.34. The summed E-state index contributed by atoms with van der Waals surface area (Å²) in [4.78, 5) is 28.4. The quantitative estimate of drug-likeness (QED) is 0.476. The standard InChI is InChI=1S/C24H24N8OS/c1-15-8-16(2)32(29-15)22-10-21(25-14-26-22)31-11-18(12-31)23(33)27-19-5-3-4-17(9-19)20-13-30-6-7-34-24(30)28-20/h3-5,8-10,13-14,18H,6-7,11-12H2,1-2H3,(H,27,33). The number of hydrogen-bond donors (Lipinski definition) is 1. The zero-order valence-electron chi connectivity index (χ0n) is 19.0. The van der Waals surface area contributed by atoms with Crippen molar-refractivity contribution in [3.63, 3.8) is 0 Å². The molecule has 10 heteroatoms. The first-order valence-electron chi connectivity index (χ1n) is 11.3. The zero-order valence-corrected chi connectivity index (χ0v) is 19.8. The molecule has 0 aliphatic carbocycles. The summed E-state index contributed by atoms with van der Waals surface area (Å²) >= 11 is 1.78. The molecule has 0 saturated carbocycles. The van der Waals surface area contributed by atoms with Crippen LogP contribution in [-0.2, 0) is 11.3 Å². The van der Waals surface area contributed by atoms with Crippen molar-refractivity contribution < 1.29 is 4.79 Å². The highest BCUT2D eigenvalue weighted by atomic mass is 32.2. The Balaban J connectivity index is 1.10. The third-order valence-corrected chi connectivity index (χ3v) is 7.14. The van der Waals surface area contributed by atoms with Gasteiger partial charge in [-0.2, -0.15) is 5.10 Å². The summed E-state index contributed by atoms with van der Waals surface area (Å²) in [5, 5.41) is 8.63. The number of anilines is 2. The van der Waals surface area contributed by atoms with E-state index in [1.165, 1.54) is 0 Å². The topological polar surface area (TPSA) is 93.8 Å². The van der Waals surface area contributed by atoms with Gasteiger partial charge in [-0.05, 0) is 32.0 Å². The third kappa shape index (κ3) is 3.83. The van der Waals surface area contributed by atoms with Gasteiger partial charge in [0.05, 0.1) is 17.3 Å². The fourth-order valence-corrected chi connectivity index (χ4v) is 5.31. The maximum atomic E-state index is 12.9. The van der Waals surface area contributed by atoms with E-state index in [4.69, 9.17) is 4.98 Å². The van der Waals surface area contributed by atoms with Gasteiger partial charge in [0.2, 0.25) is 5.91 Å². The van der Waals surface area contributed by atoms with Crippen LogP contribution in [0.25, 0.3) is 17.1 Å². The molecular formula is C24H24N8OS. The number of nitrogens with one attached hydrogen (secondary N) is 1. The summed E-state index contributed by atoms with van der Waals surface area (Å²) < 4.78 is 3.99. The van der Waals surface area contributed by atoms with Gasteiger partial charge < -0.3 is 14.8 Å². The minimum Gasteiger partial charge on any atom is -0.355 e. The van der Waals surface area contributed by atoms with Crippen LogP contribution in [-0.4, -0.2) is 54.0 Å². The molecule has 2 aliphatic rings. The van der Waals surface area contributed by atoms with Crippen LogP contribution in [0.15, 0.2) is 54.1 Å². The van der Waals surface area contributed by atoms with E-state index in [0.717, 1.165) is 57.4 Å². The van der Waals surface area contributed by atoms with Crippen molar-refractivity contribution in [1.29, 1.82) is 0 Å². The molecule has 5 heterocycles. The first-order valence-corrected chi connectivity index (χ1v) is 12.2. The molecule has 0 radical (unpaired) electrons. The normalized spacial score (nSPS) is 15.3. The highest BCUT2D eigenvalue weighted by Crippen LogP contribution is 2.30. The number of hydrogen-bond acceptors (Lipinski definition) is 7. The Bertz CT molecular complexity index is 1370. The summed E-state index contributed by atoms with van der Waals surface area (Å²) in [6, 6.07) is 11.8. The lowest BCUT2D eigenvalue weighted by molar-refractivity contribution is -0.120. The molecule has 34 heavy (non-hydrogen) atoms. The fraction of sp³-hybridized carbons (Fsp3) is 0.292. The van der Waals surface area contributed by atoms with E-state index in [2.05, 4.69) is 36.0 Å². The van der Waals surface area contributed by atoms with Gasteiger partial charge in [0, 0.05) is 54.6 Å². The summed E-state index contributed by atoms with van der Waals surface area (Å²) in [6.07, 6.45) is 3.63. The average Bonchev–Trinajstić information content (AvgIpc) is 3.48. The van der Waals surface area contributed by atoms with Crippen LogP contribution in [0.1, 0.15) is 11.4 Å². The van der Waals surface area contributed by atoms with Crippen molar-refractivity contribution in [2.75, 3.05) is 29.1 Å². The Kier molecular flexibility index (Phi) is 5.09. The third-order valence-electron chi connectivity index (χ3n) is 6.17. The second-order valence-corrected chi connectivity index (χ2v) is 9.76. The van der Waals surface area contributed by atoms with E-state index in [0.29, 0.717) is 13.1 Å². The lowest BCUT2D eigenvalue weighted by Crippen LogP contribution is -2.52. The van der Waals surface area contributed by atoms with Gasteiger partial charge in [-0.15, -0.1) is 0 Å². The number of thioether (sulfide) groups is 1. The molecule has 2 aliphatic heterocycles. The summed E-state index contributed by atoms with van der Waals surface area (Å²) in [5.74, 6) is 2.53. The number of rotatable bonds is 5. The van der Waals surface area contributed by atoms with Gasteiger partial charge in [-0.3, -0.25) is 4.79 Å². The zero-order chi connectivity index (χ0) is 23.2. The molecular weight excluding hydrogens is 448 g/mol. The van der Waals surface area contributed by atoms with Crippen LogP contribution in [0.2, 0.25) is 0 Å². The molecule has 0 unspecified atom stereocenters. The molecule has 6 rings (SSSR count). The van der Waals surface area contributed by atoms with Gasteiger partial charge in [0.1, 0.15) is 12.1 Å². The van der Waals surface area contributed by atoms with Crippen LogP contribution in [0.4, 0.5) is 11.5 Å². The lowest BCUT2D eigenvalue weighted by Gasteiger charge is -2.39. The second-order valence-electron chi connectivity index (χ2n) is 8.70. The molecule has 1 N–H and O–H groups in total. The number of nitrogens with zero attached hydrogens (tertiary/aromatic N) is 7. The minimum absolute atomic E-state index is 0.0177. The van der Waals surface area contributed by atoms with Crippen molar-refractivity contribution in [3.8, 4) is 17.1 Å². The van der Waals surface area contributed by atoms with Crippen LogP contribution in [0, 0.1) is 19.8 Å². The summed E-state index contributed by atoms with van der Waals surface area (Å²) in [7, 11) is 0.